The van der Waals surface area contributed by atoms with Crippen LogP contribution in [0, 0.1) is 0 Å². The molecule has 0 fully saturated rings. The summed E-state index contributed by atoms with van der Waals surface area (Å²) in [4.78, 5) is 0. The molecule has 4 rings (SSSR count). The number of phosphoric acid groups is 1. The van der Waals surface area contributed by atoms with Crippen LogP contribution < -0.4 is 13.6 Å². The highest BCUT2D eigenvalue weighted by Crippen LogP contribution is 2.50. The van der Waals surface area contributed by atoms with E-state index in [4.69, 9.17) is 13.6 Å². The quantitative estimate of drug-likeness (QED) is 0.269. The highest BCUT2D eigenvalue weighted by molar-refractivity contribution is 7.49. The van der Waals surface area contributed by atoms with E-state index in [1.54, 1.807) is 30.3 Å². The minimum Gasteiger partial charge on any atom is -0.386 e. The molecule has 4 aromatic carbocycles. The topological polar surface area (TPSA) is 44.8 Å². The van der Waals surface area contributed by atoms with E-state index in [1.165, 1.54) is 0 Å². The Balaban J connectivity index is 1.64. The summed E-state index contributed by atoms with van der Waals surface area (Å²) in [6.07, 6.45) is 1.82. The van der Waals surface area contributed by atoms with E-state index in [-0.39, 0.29) is 0 Å². The number of hydrogen-bond donors (Lipinski definition) is 0. The zero-order valence-electron chi connectivity index (χ0n) is 17.7. The molecule has 0 atom stereocenters. The monoisotopic (exact) mass is 432 g/mol. The molecule has 31 heavy (non-hydrogen) atoms. The fourth-order valence-electron chi connectivity index (χ4n) is 3.24. The van der Waals surface area contributed by atoms with Crippen LogP contribution in [0.25, 0.3) is 10.8 Å². The number of rotatable bonds is 8. The van der Waals surface area contributed by atoms with Gasteiger partial charge in [-0.1, -0.05) is 68.4 Å². The highest BCUT2D eigenvalue weighted by Gasteiger charge is 2.33. The Kier molecular flexibility index (Phi) is 6.29. The van der Waals surface area contributed by atoms with Crippen LogP contribution in [-0.2, 0) is 17.4 Å². The van der Waals surface area contributed by atoms with Crippen molar-refractivity contribution in [2.45, 2.75) is 26.7 Å². The van der Waals surface area contributed by atoms with Crippen molar-refractivity contribution in [3.63, 3.8) is 0 Å². The summed E-state index contributed by atoms with van der Waals surface area (Å²) in [6.45, 7) is 4.15. The second-order valence-corrected chi connectivity index (χ2v) is 8.67. The van der Waals surface area contributed by atoms with Gasteiger partial charge in [0.05, 0.1) is 0 Å². The molecule has 0 heterocycles. The Morgan fingerprint density at radius 2 is 1.03 bits per heavy atom. The summed E-state index contributed by atoms with van der Waals surface area (Å²) in [5, 5.41) is 2.04. The lowest BCUT2D eigenvalue weighted by molar-refractivity contribution is 0.298. The summed E-state index contributed by atoms with van der Waals surface area (Å²) in [5.41, 5.74) is 2.32. The Morgan fingerprint density at radius 1 is 0.581 bits per heavy atom. The molecule has 0 aliphatic rings. The second-order valence-electron chi connectivity index (χ2n) is 7.23. The van der Waals surface area contributed by atoms with Gasteiger partial charge in [0.25, 0.3) is 0 Å². The third kappa shape index (κ3) is 5.28. The van der Waals surface area contributed by atoms with Crippen molar-refractivity contribution in [3.05, 3.63) is 102 Å². The lowest BCUT2D eigenvalue weighted by Crippen LogP contribution is -2.07. The molecule has 0 aliphatic carbocycles. The Morgan fingerprint density at radius 3 is 1.55 bits per heavy atom. The van der Waals surface area contributed by atoms with Gasteiger partial charge in [0, 0.05) is 0 Å². The molecule has 0 bridgehead atoms. The zero-order chi connectivity index (χ0) is 21.7. The van der Waals surface area contributed by atoms with Crippen LogP contribution in [0.4, 0.5) is 0 Å². The first-order chi connectivity index (χ1) is 15.1. The number of aryl methyl sites for hydroxylation is 2. The van der Waals surface area contributed by atoms with Crippen molar-refractivity contribution >= 4 is 18.6 Å². The molecular weight excluding hydrogens is 407 g/mol. The normalized spacial score (nSPS) is 11.3. The third-order valence-electron chi connectivity index (χ3n) is 5.04. The molecule has 0 aliphatic heterocycles. The second kappa shape index (κ2) is 9.28. The number of benzene rings is 4. The zero-order valence-corrected chi connectivity index (χ0v) is 18.5. The van der Waals surface area contributed by atoms with Crippen LogP contribution in [0.2, 0.25) is 0 Å². The van der Waals surface area contributed by atoms with Crippen LogP contribution in [-0.4, -0.2) is 0 Å². The number of hydrogen-bond acceptors (Lipinski definition) is 4. The smallest absolute Gasteiger partial charge is 0.386 e. The van der Waals surface area contributed by atoms with E-state index in [2.05, 4.69) is 13.8 Å². The summed E-state index contributed by atoms with van der Waals surface area (Å²) >= 11 is 0. The lowest BCUT2D eigenvalue weighted by Gasteiger charge is -2.20. The summed E-state index contributed by atoms with van der Waals surface area (Å²) in [5.74, 6) is 1.26. The van der Waals surface area contributed by atoms with Gasteiger partial charge in [-0.3, -0.25) is 0 Å². The van der Waals surface area contributed by atoms with E-state index >= 15 is 0 Å². The van der Waals surface area contributed by atoms with Gasteiger partial charge in [-0.2, -0.15) is 4.57 Å². The molecule has 0 saturated heterocycles. The van der Waals surface area contributed by atoms with E-state index < -0.39 is 7.82 Å². The van der Waals surface area contributed by atoms with Gasteiger partial charge in [-0.05, 0) is 71.1 Å². The van der Waals surface area contributed by atoms with Gasteiger partial charge in [0.15, 0.2) is 0 Å². The van der Waals surface area contributed by atoms with Gasteiger partial charge in [-0.15, -0.1) is 0 Å². The first-order valence-electron chi connectivity index (χ1n) is 10.4. The molecule has 0 aromatic heterocycles. The standard InChI is InChI=1S/C26H25O4P/c1-3-20-9-14-24(15-10-20)28-31(27,29-25-16-11-21(4-2)12-17-25)30-26-18-13-22-7-5-6-8-23(22)19-26/h5-19H,3-4H2,1-2H3. The minimum absolute atomic E-state index is 0.414. The maximum absolute atomic E-state index is 13.7. The van der Waals surface area contributed by atoms with Gasteiger partial charge >= 0.3 is 7.82 Å². The molecule has 0 amide bonds. The minimum atomic E-state index is -4.01. The van der Waals surface area contributed by atoms with Crippen LogP contribution in [0.1, 0.15) is 25.0 Å². The van der Waals surface area contributed by atoms with E-state index in [0.29, 0.717) is 17.2 Å². The van der Waals surface area contributed by atoms with Crippen LogP contribution in [0.5, 0.6) is 17.2 Å². The largest absolute Gasteiger partial charge is 0.647 e. The van der Waals surface area contributed by atoms with Crippen molar-refractivity contribution < 1.29 is 18.1 Å². The van der Waals surface area contributed by atoms with Gasteiger partial charge < -0.3 is 13.6 Å². The van der Waals surface area contributed by atoms with Crippen molar-refractivity contribution in [2.75, 3.05) is 0 Å². The summed E-state index contributed by atoms with van der Waals surface area (Å²) in [7, 11) is -4.01. The maximum atomic E-state index is 13.7. The van der Waals surface area contributed by atoms with Gasteiger partial charge in [0.1, 0.15) is 17.2 Å². The molecule has 0 saturated carbocycles. The highest BCUT2D eigenvalue weighted by atomic mass is 31.2. The third-order valence-corrected chi connectivity index (χ3v) is 6.34. The summed E-state index contributed by atoms with van der Waals surface area (Å²) in [6, 6.07) is 28.3. The summed E-state index contributed by atoms with van der Waals surface area (Å²) < 4.78 is 31.1. The molecule has 0 unspecified atom stereocenters. The van der Waals surface area contributed by atoms with Crippen molar-refractivity contribution in [3.8, 4) is 17.2 Å². The van der Waals surface area contributed by atoms with Crippen LogP contribution in [0.15, 0.2) is 91.0 Å². The molecule has 0 spiro atoms. The fourth-order valence-corrected chi connectivity index (χ4v) is 4.48. The first kappa shape index (κ1) is 21.0. The maximum Gasteiger partial charge on any atom is 0.647 e. The van der Waals surface area contributed by atoms with E-state index in [1.807, 2.05) is 60.7 Å². The van der Waals surface area contributed by atoms with E-state index in [0.717, 1.165) is 34.7 Å². The lowest BCUT2D eigenvalue weighted by atomic mass is 10.1. The Hall–Kier alpha value is -3.23. The number of fused-ring (bicyclic) bond motifs is 1. The van der Waals surface area contributed by atoms with Crippen LogP contribution >= 0.6 is 7.82 Å². The predicted molar refractivity (Wildman–Crippen MR) is 125 cm³/mol. The van der Waals surface area contributed by atoms with Gasteiger partial charge in [0.2, 0.25) is 0 Å². The Labute approximate surface area is 183 Å². The van der Waals surface area contributed by atoms with Crippen molar-refractivity contribution in [1.82, 2.24) is 0 Å². The van der Waals surface area contributed by atoms with E-state index in [9.17, 15) is 4.57 Å². The molecule has 5 heteroatoms. The molecule has 4 nitrogen and oxygen atoms in total. The Bertz CT molecular complexity index is 1150. The molecular formula is C26H25O4P. The first-order valence-corrected chi connectivity index (χ1v) is 11.9. The van der Waals surface area contributed by atoms with Crippen LogP contribution in [0.3, 0.4) is 0 Å². The van der Waals surface area contributed by atoms with Crippen molar-refractivity contribution in [1.29, 1.82) is 0 Å². The predicted octanol–water partition coefficient (Wildman–Crippen LogP) is 7.61. The SMILES string of the molecule is CCc1ccc(OP(=O)(Oc2ccc(CC)cc2)Oc2ccc3ccccc3c2)cc1. The fraction of sp³-hybridized carbons (Fsp3) is 0.154. The number of phosphoric ester groups is 1. The average molecular weight is 432 g/mol. The average Bonchev–Trinajstić information content (AvgIpc) is 2.80. The molecule has 0 N–H and O–H groups in total. The molecule has 0 radical (unpaired) electrons. The molecule has 4 aromatic rings. The molecule has 158 valence electrons. The van der Waals surface area contributed by atoms with Gasteiger partial charge in [-0.25, -0.2) is 0 Å². The van der Waals surface area contributed by atoms with Crippen molar-refractivity contribution in [2.24, 2.45) is 0 Å².